The van der Waals surface area contributed by atoms with Crippen molar-refractivity contribution in [2.24, 2.45) is 56.8 Å². The Balaban J connectivity index is 1.53. The molecule has 30 nitrogen and oxygen atoms in total. The number of benzene rings is 1. The van der Waals surface area contributed by atoms with Crippen LogP contribution in [-0.4, -0.2) is 188 Å². The Morgan fingerprint density at radius 3 is 2.05 bits per heavy atom. The van der Waals surface area contributed by atoms with Crippen LogP contribution in [-0.2, 0) is 43.2 Å². The smallest absolute Gasteiger partial charge is 0.352 e. The molecule has 4 rings (SSSR count). The molecule has 0 radical (unpaired) electrons. The summed E-state index contributed by atoms with van der Waals surface area (Å²) < 4.78 is 11.0. The summed E-state index contributed by atoms with van der Waals surface area (Å²) in [6.45, 7) is -0.0879. The topological polar surface area (TPSA) is 521 Å². The molecule has 1 aliphatic heterocycles. The number of amides is 8. The standard InChI is InChI=1S/C52H87N17O13/c1-81-38-17-16-29(24-39(38)82-2)31-26-52(31,49(80)66-33(11-3-4-18-53)43(73)65-35(47(77)78)14-8-22-61-50(58)59)68-44(74)36-15-9-23-69(36)46(76)34(13-7-21-56)63-40(71)28-62-42(72)32(12-6-20-55)64-45(75)41(37(70)27-57)67-48(79)51(60)25-30(51)10-5-19-54/h14,16-17,24,30-34,36-37,41,70H,3-13,15,18-23,25-28,53-57,60H2,1-2H3,(H,62,72)(H,63,71)(H,64,75)(H,65,73)(H,66,80)(H,67,79)(H,68,74)(H,77,78)(H4,58,59,61)/b35-14-/t30?,31-,32-,33-,34+,36-,37-,41-,51?,52?/m0/s1. The van der Waals surface area contributed by atoms with Gasteiger partial charge in [0.25, 0.3) is 0 Å². The Hall–Kier alpha value is -7.22. The molecule has 1 aromatic rings. The van der Waals surface area contributed by atoms with Crippen molar-refractivity contribution in [2.45, 2.75) is 143 Å². The fourth-order valence-electron chi connectivity index (χ4n) is 9.92. The van der Waals surface area contributed by atoms with E-state index in [1.807, 2.05) is 0 Å². The number of aliphatic hydroxyl groups is 1. The van der Waals surface area contributed by atoms with Gasteiger partial charge in [-0.2, -0.15) is 0 Å². The number of hydrogen-bond donors (Lipinski definition) is 17. The zero-order valence-electron chi connectivity index (χ0n) is 46.9. The summed E-state index contributed by atoms with van der Waals surface area (Å²) in [4.78, 5) is 129. The Morgan fingerprint density at radius 2 is 1.43 bits per heavy atom. The number of nitrogens with zero attached hydrogens (tertiary/aromatic N) is 2. The molecule has 3 fully saturated rings. The summed E-state index contributed by atoms with van der Waals surface area (Å²) in [6.07, 6.45) is 3.17. The Labute approximate surface area is 476 Å². The first-order valence-corrected chi connectivity index (χ1v) is 27.7. The number of rotatable bonds is 37. The SMILES string of the molecule is COc1ccc([C@@H]2CC2(NC(=O)[C@@H]2CCCN2C(=O)[C@@H](CCCN)NC(=O)CNC(=O)[C@H](CCCN)NC(=O)[C@@H](NC(=O)C2(N)CC2CCCN)[C@@H](O)CN)C(=O)N[C@@H](CCCCN)C(=O)N/C(=C\CCN=C(N)N)C(=O)O)cc1OC. The fraction of sp³-hybridized carbons (Fsp3) is 0.654. The number of aliphatic carboxylic acids is 1. The Kier molecular flexibility index (Phi) is 26.6. The number of nitrogens with one attached hydrogen (secondary N) is 7. The van der Waals surface area contributed by atoms with Crippen LogP contribution >= 0.6 is 0 Å². The number of unbranched alkanes of at least 4 members (excludes halogenated alkanes) is 1. The fourth-order valence-corrected chi connectivity index (χ4v) is 9.92. The minimum atomic E-state index is -1.71. The molecule has 82 heavy (non-hydrogen) atoms. The number of carboxylic acids is 1. The van der Waals surface area contributed by atoms with Gasteiger partial charge in [0.1, 0.15) is 41.4 Å². The number of carbonyl (C=O) groups excluding carboxylic acids is 8. The first-order chi connectivity index (χ1) is 39.1. The summed E-state index contributed by atoms with van der Waals surface area (Å²) in [5, 5.41) is 38.8. The van der Waals surface area contributed by atoms with Gasteiger partial charge in [-0.1, -0.05) is 12.1 Å². The highest BCUT2D eigenvalue weighted by atomic mass is 16.5. The number of carboxylic acid groups (broad SMARTS) is 1. The van der Waals surface area contributed by atoms with Crippen molar-refractivity contribution in [3.05, 3.63) is 35.5 Å². The minimum absolute atomic E-state index is 0.00927. The van der Waals surface area contributed by atoms with E-state index in [2.05, 4.69) is 42.2 Å². The van der Waals surface area contributed by atoms with Crippen molar-refractivity contribution >= 4 is 59.2 Å². The average Bonchev–Trinajstić information content (AvgIpc) is 2.67. The van der Waals surface area contributed by atoms with Crippen LogP contribution in [0, 0.1) is 5.92 Å². The number of carbonyl (C=O) groups is 9. The molecule has 1 saturated heterocycles. The highest BCUT2D eigenvalue weighted by Gasteiger charge is 2.63. The number of likely N-dealkylation sites (tertiary alicyclic amines) is 1. The number of aliphatic hydroxyl groups excluding tert-OH is 1. The van der Waals surface area contributed by atoms with E-state index in [1.165, 1.54) is 25.2 Å². The van der Waals surface area contributed by atoms with Crippen LogP contribution in [0.15, 0.2) is 35.0 Å². The normalized spacial score (nSPS) is 21.7. The van der Waals surface area contributed by atoms with Gasteiger partial charge in [-0.15, -0.1) is 0 Å². The highest BCUT2D eigenvalue weighted by Crippen LogP contribution is 2.53. The predicted molar refractivity (Wildman–Crippen MR) is 300 cm³/mol. The van der Waals surface area contributed by atoms with Crippen LogP contribution in [0.4, 0.5) is 0 Å². The van der Waals surface area contributed by atoms with E-state index in [0.717, 1.165) is 0 Å². The van der Waals surface area contributed by atoms with E-state index >= 15 is 0 Å². The zero-order chi connectivity index (χ0) is 60.7. The molecule has 1 heterocycles. The van der Waals surface area contributed by atoms with Gasteiger partial charge >= 0.3 is 5.97 Å². The lowest BCUT2D eigenvalue weighted by Gasteiger charge is -2.31. The van der Waals surface area contributed by atoms with Crippen LogP contribution in [0.5, 0.6) is 11.5 Å². The van der Waals surface area contributed by atoms with Gasteiger partial charge in [0.15, 0.2) is 17.5 Å². The summed E-state index contributed by atoms with van der Waals surface area (Å²) in [6, 6.07) is -1.64. The molecule has 458 valence electrons. The molecule has 25 N–H and O–H groups in total. The van der Waals surface area contributed by atoms with Gasteiger partial charge in [-0.3, -0.25) is 43.3 Å². The molecular formula is C52H87N17O13. The number of ether oxygens (including phenoxy) is 2. The summed E-state index contributed by atoms with van der Waals surface area (Å²) >= 11 is 0. The molecule has 1 aromatic carbocycles. The van der Waals surface area contributed by atoms with Crippen molar-refractivity contribution in [1.82, 2.24) is 42.1 Å². The summed E-state index contributed by atoms with van der Waals surface area (Å²) in [5.74, 6) is -8.10. The van der Waals surface area contributed by atoms with Crippen molar-refractivity contribution < 1.29 is 62.8 Å². The van der Waals surface area contributed by atoms with Crippen LogP contribution in [0.1, 0.15) is 101 Å². The van der Waals surface area contributed by atoms with Crippen LogP contribution < -0.4 is 92.6 Å². The maximum atomic E-state index is 14.8. The van der Waals surface area contributed by atoms with Gasteiger partial charge in [0, 0.05) is 25.6 Å². The molecule has 10 atom stereocenters. The van der Waals surface area contributed by atoms with Gasteiger partial charge in [0.2, 0.25) is 47.3 Å². The third-order valence-electron chi connectivity index (χ3n) is 14.8. The largest absolute Gasteiger partial charge is 0.493 e. The van der Waals surface area contributed by atoms with Crippen molar-refractivity contribution in [1.29, 1.82) is 0 Å². The lowest BCUT2D eigenvalue weighted by atomic mass is 10.0. The van der Waals surface area contributed by atoms with Crippen molar-refractivity contribution in [2.75, 3.05) is 66.6 Å². The molecule has 0 bridgehead atoms. The lowest BCUT2D eigenvalue weighted by Crippen LogP contribution is -2.61. The Morgan fingerprint density at radius 1 is 0.780 bits per heavy atom. The highest BCUT2D eigenvalue weighted by molar-refractivity contribution is 6.02. The molecule has 2 aliphatic carbocycles. The van der Waals surface area contributed by atoms with Gasteiger partial charge < -0.3 is 108 Å². The first-order valence-electron chi connectivity index (χ1n) is 27.7. The molecule has 0 spiro atoms. The second-order valence-electron chi connectivity index (χ2n) is 20.7. The van der Waals surface area contributed by atoms with E-state index in [4.69, 9.17) is 55.3 Å². The van der Waals surface area contributed by atoms with Gasteiger partial charge in [0.05, 0.1) is 32.4 Å². The monoisotopic (exact) mass is 1160 g/mol. The van der Waals surface area contributed by atoms with Gasteiger partial charge in [-0.25, -0.2) is 4.79 Å². The van der Waals surface area contributed by atoms with E-state index in [-0.39, 0.29) is 96.0 Å². The lowest BCUT2D eigenvalue weighted by molar-refractivity contribution is -0.142. The first kappa shape index (κ1) is 67.3. The third-order valence-corrected chi connectivity index (χ3v) is 14.8. The average molecular weight is 1160 g/mol. The molecule has 8 amide bonds. The zero-order valence-corrected chi connectivity index (χ0v) is 46.9. The van der Waals surface area contributed by atoms with Crippen LogP contribution in [0.3, 0.4) is 0 Å². The maximum Gasteiger partial charge on any atom is 0.352 e. The van der Waals surface area contributed by atoms with Crippen LogP contribution in [0.25, 0.3) is 0 Å². The molecule has 3 aliphatic rings. The van der Waals surface area contributed by atoms with Gasteiger partial charge in [-0.05, 0) is 140 Å². The molecular weight excluding hydrogens is 1070 g/mol. The summed E-state index contributed by atoms with van der Waals surface area (Å²) in [5.41, 5.74) is 42.8. The van der Waals surface area contributed by atoms with E-state index in [0.29, 0.717) is 62.1 Å². The molecule has 2 saturated carbocycles. The van der Waals surface area contributed by atoms with E-state index < -0.39 is 125 Å². The predicted octanol–water partition coefficient (Wildman–Crippen LogP) is -5.78. The third kappa shape index (κ3) is 18.7. The number of aliphatic imine (C=N–C) groups is 1. The number of hydrogen-bond acceptors (Lipinski definition) is 19. The number of guanidine groups is 1. The Bertz CT molecular complexity index is 2460. The molecule has 30 heteroatoms. The van der Waals surface area contributed by atoms with E-state index in [9.17, 15) is 53.4 Å². The summed E-state index contributed by atoms with van der Waals surface area (Å²) in [7, 11) is 2.88. The second kappa shape index (κ2) is 32.4. The quantitative estimate of drug-likeness (QED) is 0.0128. The number of nitrogens with two attached hydrogens (primary N) is 8. The van der Waals surface area contributed by atoms with Crippen molar-refractivity contribution in [3.8, 4) is 11.5 Å². The molecule has 0 aromatic heterocycles. The number of methoxy groups -OCH3 is 2. The van der Waals surface area contributed by atoms with Crippen LogP contribution in [0.2, 0.25) is 0 Å². The minimum Gasteiger partial charge on any atom is -0.493 e. The second-order valence-corrected chi connectivity index (χ2v) is 20.7. The molecule has 3 unspecified atom stereocenters. The maximum absolute atomic E-state index is 14.8. The van der Waals surface area contributed by atoms with Crippen molar-refractivity contribution in [3.63, 3.8) is 0 Å². The van der Waals surface area contributed by atoms with E-state index in [1.54, 1.807) is 18.2 Å².